The highest BCUT2D eigenvalue weighted by molar-refractivity contribution is 5.89. The second kappa shape index (κ2) is 5.38. The molecule has 0 spiro atoms. The molecule has 0 aromatic heterocycles. The zero-order valence-corrected chi connectivity index (χ0v) is 11.6. The molecule has 114 valence electrons. The van der Waals surface area contributed by atoms with Crippen molar-refractivity contribution in [3.8, 4) is 0 Å². The van der Waals surface area contributed by atoms with Crippen molar-refractivity contribution in [2.75, 3.05) is 13.7 Å². The Labute approximate surface area is 122 Å². The van der Waals surface area contributed by atoms with Crippen LogP contribution in [-0.4, -0.2) is 59.9 Å². The van der Waals surface area contributed by atoms with Gasteiger partial charge in [-0.2, -0.15) is 0 Å². The van der Waals surface area contributed by atoms with Gasteiger partial charge in [0.2, 0.25) is 0 Å². The third-order valence-electron chi connectivity index (χ3n) is 4.13. The molecule has 2 aliphatic rings. The molecule has 21 heavy (non-hydrogen) atoms. The number of epoxide rings is 1. The molecule has 3 rings (SSSR count). The number of aliphatic hydroxyl groups is 2. The van der Waals surface area contributed by atoms with Crippen molar-refractivity contribution in [2.24, 2.45) is 0 Å². The molecule has 1 aromatic carbocycles. The molecule has 1 aromatic rings. The maximum Gasteiger partial charge on any atom is 0.338 e. The Morgan fingerprint density at radius 3 is 2.76 bits per heavy atom. The maximum atomic E-state index is 11.9. The molecule has 1 saturated heterocycles. The average Bonchev–Trinajstić information content (AvgIpc) is 3.21. The number of aliphatic hydroxyl groups excluding tert-OH is 2. The number of ether oxygens (including phenoxy) is 3. The SMILES string of the molecule is CO[C@H]1[C@H](O)CC2(COC(=O)c3ccccc3)OC2[C@H]1O. The van der Waals surface area contributed by atoms with Gasteiger partial charge in [-0.25, -0.2) is 4.79 Å². The fraction of sp³-hybridized carbons (Fsp3) is 0.533. The van der Waals surface area contributed by atoms with Crippen LogP contribution in [0.15, 0.2) is 30.3 Å². The average molecular weight is 294 g/mol. The van der Waals surface area contributed by atoms with E-state index in [0.717, 1.165) is 0 Å². The highest BCUT2D eigenvalue weighted by Crippen LogP contribution is 2.48. The number of esters is 1. The quantitative estimate of drug-likeness (QED) is 0.606. The summed E-state index contributed by atoms with van der Waals surface area (Å²) in [5, 5.41) is 20.0. The van der Waals surface area contributed by atoms with Crippen LogP contribution in [-0.2, 0) is 14.2 Å². The number of benzene rings is 1. The van der Waals surface area contributed by atoms with E-state index in [1.54, 1.807) is 24.3 Å². The number of carbonyl (C=O) groups excluding carboxylic acids is 1. The second-order valence-electron chi connectivity index (χ2n) is 5.51. The summed E-state index contributed by atoms with van der Waals surface area (Å²) in [6, 6.07) is 8.65. The molecule has 6 nitrogen and oxygen atoms in total. The molecule has 2 unspecified atom stereocenters. The van der Waals surface area contributed by atoms with Gasteiger partial charge in [0.05, 0.1) is 11.7 Å². The molecule has 2 fully saturated rings. The van der Waals surface area contributed by atoms with Crippen molar-refractivity contribution in [1.29, 1.82) is 0 Å². The lowest BCUT2D eigenvalue weighted by atomic mass is 9.83. The van der Waals surface area contributed by atoms with Crippen molar-refractivity contribution < 1.29 is 29.2 Å². The summed E-state index contributed by atoms with van der Waals surface area (Å²) in [5.74, 6) is -0.447. The molecule has 0 amide bonds. The van der Waals surface area contributed by atoms with Gasteiger partial charge in [0.25, 0.3) is 0 Å². The second-order valence-corrected chi connectivity index (χ2v) is 5.51. The van der Waals surface area contributed by atoms with Crippen molar-refractivity contribution >= 4 is 5.97 Å². The van der Waals surface area contributed by atoms with Crippen LogP contribution in [0.2, 0.25) is 0 Å². The van der Waals surface area contributed by atoms with Crippen molar-refractivity contribution in [3.63, 3.8) is 0 Å². The number of fused-ring (bicyclic) bond motifs is 1. The molecule has 1 aliphatic carbocycles. The summed E-state index contributed by atoms with van der Waals surface area (Å²) in [6.45, 7) is 0.00987. The van der Waals surface area contributed by atoms with Gasteiger partial charge in [-0.3, -0.25) is 0 Å². The predicted molar refractivity (Wildman–Crippen MR) is 71.8 cm³/mol. The van der Waals surface area contributed by atoms with Crippen molar-refractivity contribution in [1.82, 2.24) is 0 Å². The Balaban J connectivity index is 1.61. The van der Waals surface area contributed by atoms with Crippen molar-refractivity contribution in [3.05, 3.63) is 35.9 Å². The number of carbonyl (C=O) groups is 1. The lowest BCUT2D eigenvalue weighted by molar-refractivity contribution is -0.105. The van der Waals surface area contributed by atoms with E-state index in [1.165, 1.54) is 7.11 Å². The fourth-order valence-corrected chi connectivity index (χ4v) is 2.95. The first kappa shape index (κ1) is 14.5. The topological polar surface area (TPSA) is 88.5 Å². The Kier molecular flexibility index (Phi) is 3.71. The number of methoxy groups -OCH3 is 1. The first-order valence-corrected chi connectivity index (χ1v) is 6.86. The Morgan fingerprint density at radius 1 is 1.38 bits per heavy atom. The van der Waals surface area contributed by atoms with Gasteiger partial charge in [0.1, 0.15) is 30.5 Å². The smallest absolute Gasteiger partial charge is 0.338 e. The molecule has 1 heterocycles. The maximum absolute atomic E-state index is 11.9. The van der Waals surface area contributed by atoms with Crippen LogP contribution in [0.25, 0.3) is 0 Å². The van der Waals surface area contributed by atoms with E-state index in [0.29, 0.717) is 5.56 Å². The fourth-order valence-electron chi connectivity index (χ4n) is 2.95. The molecule has 1 aliphatic heterocycles. The minimum Gasteiger partial charge on any atom is -0.459 e. The van der Waals surface area contributed by atoms with Gasteiger partial charge in [0, 0.05) is 13.5 Å². The lowest BCUT2D eigenvalue weighted by Gasteiger charge is -2.32. The van der Waals surface area contributed by atoms with Gasteiger partial charge < -0.3 is 24.4 Å². The summed E-state index contributed by atoms with van der Waals surface area (Å²) in [4.78, 5) is 11.9. The first-order chi connectivity index (χ1) is 10.1. The van der Waals surface area contributed by atoms with Gasteiger partial charge in [-0.15, -0.1) is 0 Å². The zero-order valence-electron chi connectivity index (χ0n) is 11.6. The summed E-state index contributed by atoms with van der Waals surface area (Å²) in [7, 11) is 1.43. The van der Waals surface area contributed by atoms with Crippen molar-refractivity contribution in [2.45, 2.75) is 36.4 Å². The molecule has 1 saturated carbocycles. The number of hydrogen-bond acceptors (Lipinski definition) is 6. The minimum atomic E-state index is -0.922. The molecular formula is C15H18O6. The molecule has 0 radical (unpaired) electrons. The van der Waals surface area contributed by atoms with E-state index in [4.69, 9.17) is 14.2 Å². The normalized spacial score (nSPS) is 37.7. The van der Waals surface area contributed by atoms with E-state index >= 15 is 0 Å². The monoisotopic (exact) mass is 294 g/mol. The van der Waals surface area contributed by atoms with E-state index in [1.807, 2.05) is 6.07 Å². The summed E-state index contributed by atoms with van der Waals surface area (Å²) in [6.07, 6.45) is -2.63. The van der Waals surface area contributed by atoms with Gasteiger partial charge in [-0.05, 0) is 12.1 Å². The van der Waals surface area contributed by atoms with Gasteiger partial charge >= 0.3 is 5.97 Å². The minimum absolute atomic E-state index is 0.00987. The van der Waals surface area contributed by atoms with Crippen LogP contribution in [0.1, 0.15) is 16.8 Å². The molecule has 2 N–H and O–H groups in total. The van der Waals surface area contributed by atoms with E-state index in [2.05, 4.69) is 0 Å². The highest BCUT2D eigenvalue weighted by Gasteiger charge is 2.67. The van der Waals surface area contributed by atoms with Crippen LogP contribution < -0.4 is 0 Å². The Bertz CT molecular complexity index is 518. The van der Waals surface area contributed by atoms with E-state index in [9.17, 15) is 15.0 Å². The predicted octanol–water partition coefficient (Wildman–Crippen LogP) is 0.121. The summed E-state index contributed by atoms with van der Waals surface area (Å²) in [5.41, 5.74) is -0.337. The highest BCUT2D eigenvalue weighted by atomic mass is 16.7. The molecule has 6 heteroatoms. The van der Waals surface area contributed by atoms with Gasteiger partial charge in [0.15, 0.2) is 0 Å². The number of rotatable bonds is 4. The van der Waals surface area contributed by atoms with E-state index in [-0.39, 0.29) is 13.0 Å². The molecule has 5 atom stereocenters. The largest absolute Gasteiger partial charge is 0.459 e. The third-order valence-corrected chi connectivity index (χ3v) is 4.13. The zero-order chi connectivity index (χ0) is 15.0. The molecular weight excluding hydrogens is 276 g/mol. The lowest BCUT2D eigenvalue weighted by Crippen LogP contribution is -2.51. The van der Waals surface area contributed by atoms with Crippen LogP contribution in [0.5, 0.6) is 0 Å². The standard InChI is InChI=1S/C15H18O6/c1-19-12-10(16)7-15(13(21-15)11(12)17)8-20-14(18)9-5-3-2-4-6-9/h2-6,10-13,16-17H,7-8H2,1H3/t10-,11+,12+,13?,15?/m1/s1. The Morgan fingerprint density at radius 2 is 2.10 bits per heavy atom. The number of hydrogen-bond donors (Lipinski definition) is 2. The summed E-state index contributed by atoms with van der Waals surface area (Å²) >= 11 is 0. The van der Waals surface area contributed by atoms with Crippen LogP contribution in [0.3, 0.4) is 0 Å². The van der Waals surface area contributed by atoms with E-state index < -0.39 is 36.0 Å². The van der Waals surface area contributed by atoms with Crippen LogP contribution in [0, 0.1) is 0 Å². The molecule has 0 bridgehead atoms. The Hall–Kier alpha value is -1.47. The van der Waals surface area contributed by atoms with Crippen LogP contribution >= 0.6 is 0 Å². The van der Waals surface area contributed by atoms with Gasteiger partial charge in [-0.1, -0.05) is 18.2 Å². The summed E-state index contributed by atoms with van der Waals surface area (Å²) < 4.78 is 15.8. The van der Waals surface area contributed by atoms with Crippen LogP contribution in [0.4, 0.5) is 0 Å². The first-order valence-electron chi connectivity index (χ1n) is 6.86. The third kappa shape index (κ3) is 2.55.